The molecule has 1 heterocycles. The van der Waals surface area contributed by atoms with Gasteiger partial charge in [0.2, 0.25) is 0 Å². The van der Waals surface area contributed by atoms with E-state index in [4.69, 9.17) is 0 Å². The third-order valence-electron chi connectivity index (χ3n) is 3.17. The topological polar surface area (TPSA) is 79.2 Å². The van der Waals surface area contributed by atoms with Crippen molar-refractivity contribution in [2.24, 2.45) is 5.92 Å². The van der Waals surface area contributed by atoms with Crippen LogP contribution in [0, 0.1) is 5.92 Å². The fourth-order valence-corrected chi connectivity index (χ4v) is 1.66. The average Bonchev–Trinajstić information content (AvgIpc) is 2.83. The van der Waals surface area contributed by atoms with Crippen molar-refractivity contribution in [2.45, 2.75) is 46.3 Å². The van der Waals surface area contributed by atoms with Crippen molar-refractivity contribution < 1.29 is 9.90 Å². The minimum atomic E-state index is -0.522. The van der Waals surface area contributed by atoms with Gasteiger partial charge in [0, 0.05) is 18.7 Å². The first-order chi connectivity index (χ1) is 8.95. The fourth-order valence-electron chi connectivity index (χ4n) is 1.66. The first-order valence-corrected chi connectivity index (χ1v) is 6.72. The summed E-state index contributed by atoms with van der Waals surface area (Å²) >= 11 is 0. The van der Waals surface area contributed by atoms with Crippen molar-refractivity contribution in [1.29, 1.82) is 0 Å². The molecule has 19 heavy (non-hydrogen) atoms. The molecule has 0 aliphatic rings. The number of nitrogens with one attached hydrogen (secondary N) is 2. The monoisotopic (exact) mass is 268 g/mol. The van der Waals surface area contributed by atoms with Crippen LogP contribution in [-0.2, 0) is 0 Å². The van der Waals surface area contributed by atoms with Crippen LogP contribution in [0.2, 0.25) is 0 Å². The number of hydrogen-bond donors (Lipinski definition) is 3. The number of carbonyl (C=O) groups is 1. The summed E-state index contributed by atoms with van der Waals surface area (Å²) in [4.78, 5) is 11.7. The van der Waals surface area contributed by atoms with E-state index < -0.39 is 6.10 Å². The number of aliphatic hydroxyl groups excluding tert-OH is 1. The number of nitrogens with zero attached hydrogens (tertiary/aromatic N) is 2. The fraction of sp³-hybridized carbons (Fsp3) is 0.692. The van der Waals surface area contributed by atoms with Gasteiger partial charge in [0.1, 0.15) is 5.82 Å². The van der Waals surface area contributed by atoms with Crippen molar-refractivity contribution >= 4 is 11.8 Å². The van der Waals surface area contributed by atoms with E-state index in [1.54, 1.807) is 16.9 Å². The molecule has 108 valence electrons. The summed E-state index contributed by atoms with van der Waals surface area (Å²) in [5.41, 5.74) is 0. The number of aliphatic hydroxyl groups is 1. The lowest BCUT2D eigenvalue weighted by atomic mass is 10.0. The average molecular weight is 268 g/mol. The molecule has 0 spiro atoms. The minimum absolute atomic E-state index is 0.168. The summed E-state index contributed by atoms with van der Waals surface area (Å²) in [5, 5.41) is 19.3. The molecule has 0 radical (unpaired) electrons. The Morgan fingerprint density at radius 2 is 2.16 bits per heavy atom. The van der Waals surface area contributed by atoms with Gasteiger partial charge in [0.15, 0.2) is 0 Å². The smallest absolute Gasteiger partial charge is 0.320 e. The van der Waals surface area contributed by atoms with Crippen LogP contribution >= 0.6 is 0 Å². The Bertz CT molecular complexity index is 403. The van der Waals surface area contributed by atoms with Gasteiger partial charge in [-0.05, 0) is 19.8 Å². The first-order valence-electron chi connectivity index (χ1n) is 6.72. The number of amides is 2. The van der Waals surface area contributed by atoms with Crippen LogP contribution in [0.3, 0.4) is 0 Å². The molecule has 0 bridgehead atoms. The van der Waals surface area contributed by atoms with Gasteiger partial charge < -0.3 is 10.4 Å². The maximum atomic E-state index is 11.7. The molecule has 0 saturated carbocycles. The molecule has 2 atom stereocenters. The molecule has 1 aromatic rings. The van der Waals surface area contributed by atoms with Crippen LogP contribution in [-0.4, -0.2) is 33.6 Å². The third-order valence-corrected chi connectivity index (χ3v) is 3.17. The second-order valence-electron chi connectivity index (χ2n) is 5.04. The molecule has 1 rings (SSSR count). The predicted octanol–water partition coefficient (Wildman–Crippen LogP) is 1.99. The molecule has 0 aliphatic carbocycles. The van der Waals surface area contributed by atoms with Crippen LogP contribution in [0.1, 0.15) is 40.2 Å². The summed E-state index contributed by atoms with van der Waals surface area (Å²) in [6.45, 7) is 8.19. The van der Waals surface area contributed by atoms with Crippen molar-refractivity contribution in [3.05, 3.63) is 12.3 Å². The standard InChI is InChI=1S/C13H24N4O2/c1-5-10(4)11(18)8-14-13(19)16-12-6-7-15-17(12)9(2)3/h6-7,9-11,18H,5,8H2,1-4H3,(H2,14,16,19). The molecule has 2 amide bonds. The van der Waals surface area contributed by atoms with Crippen LogP contribution in [0.15, 0.2) is 12.3 Å². The van der Waals surface area contributed by atoms with Gasteiger partial charge in [-0.3, -0.25) is 5.32 Å². The van der Waals surface area contributed by atoms with Crippen LogP contribution in [0.25, 0.3) is 0 Å². The summed E-state index contributed by atoms with van der Waals surface area (Å²) in [7, 11) is 0. The second-order valence-corrected chi connectivity index (χ2v) is 5.04. The van der Waals surface area contributed by atoms with Gasteiger partial charge >= 0.3 is 6.03 Å². The van der Waals surface area contributed by atoms with Gasteiger partial charge in [-0.1, -0.05) is 20.3 Å². The van der Waals surface area contributed by atoms with Gasteiger partial charge in [-0.15, -0.1) is 0 Å². The van der Waals surface area contributed by atoms with Gasteiger partial charge in [-0.25, -0.2) is 9.48 Å². The first kappa shape index (κ1) is 15.5. The van der Waals surface area contributed by atoms with E-state index in [0.29, 0.717) is 5.82 Å². The van der Waals surface area contributed by atoms with Gasteiger partial charge in [0.25, 0.3) is 0 Å². The largest absolute Gasteiger partial charge is 0.391 e. The Labute approximate surface area is 114 Å². The van der Waals surface area contributed by atoms with Crippen molar-refractivity contribution in [2.75, 3.05) is 11.9 Å². The lowest BCUT2D eigenvalue weighted by Crippen LogP contribution is -2.38. The molecular weight excluding hydrogens is 244 g/mol. The molecule has 3 N–H and O–H groups in total. The Hall–Kier alpha value is -1.56. The lowest BCUT2D eigenvalue weighted by Gasteiger charge is -2.18. The highest BCUT2D eigenvalue weighted by atomic mass is 16.3. The summed E-state index contributed by atoms with van der Waals surface area (Å²) < 4.78 is 1.73. The molecule has 0 aromatic carbocycles. The van der Waals surface area contributed by atoms with Crippen LogP contribution in [0.4, 0.5) is 10.6 Å². The van der Waals surface area contributed by atoms with Crippen molar-refractivity contribution in [3.63, 3.8) is 0 Å². The Balaban J connectivity index is 2.45. The van der Waals surface area contributed by atoms with Crippen molar-refractivity contribution in [1.82, 2.24) is 15.1 Å². The molecule has 0 aliphatic heterocycles. The number of hydrogen-bond acceptors (Lipinski definition) is 3. The maximum Gasteiger partial charge on any atom is 0.320 e. The minimum Gasteiger partial charge on any atom is -0.391 e. The Morgan fingerprint density at radius 3 is 2.74 bits per heavy atom. The number of urea groups is 1. The van der Waals surface area contributed by atoms with Crippen LogP contribution < -0.4 is 10.6 Å². The zero-order valence-corrected chi connectivity index (χ0v) is 12.1. The highest BCUT2D eigenvalue weighted by Crippen LogP contribution is 2.12. The molecule has 6 heteroatoms. The molecule has 0 fully saturated rings. The quantitative estimate of drug-likeness (QED) is 0.738. The summed E-state index contributed by atoms with van der Waals surface area (Å²) in [6, 6.07) is 1.59. The number of rotatable bonds is 6. The zero-order valence-electron chi connectivity index (χ0n) is 12.1. The zero-order chi connectivity index (χ0) is 14.4. The van der Waals surface area contributed by atoms with Crippen LogP contribution in [0.5, 0.6) is 0 Å². The van der Waals surface area contributed by atoms with E-state index in [1.165, 1.54) is 0 Å². The number of anilines is 1. The maximum absolute atomic E-state index is 11.7. The van der Waals surface area contributed by atoms with E-state index in [-0.39, 0.29) is 24.5 Å². The van der Waals surface area contributed by atoms with E-state index in [1.807, 2.05) is 27.7 Å². The molecule has 1 aromatic heterocycles. The van der Waals surface area contributed by atoms with Gasteiger partial charge in [0.05, 0.1) is 12.3 Å². The molecular formula is C13H24N4O2. The molecule has 2 unspecified atom stereocenters. The lowest BCUT2D eigenvalue weighted by molar-refractivity contribution is 0.115. The van der Waals surface area contributed by atoms with E-state index >= 15 is 0 Å². The van der Waals surface area contributed by atoms with E-state index in [0.717, 1.165) is 6.42 Å². The van der Waals surface area contributed by atoms with Gasteiger partial charge in [-0.2, -0.15) is 5.10 Å². The summed E-state index contributed by atoms with van der Waals surface area (Å²) in [6.07, 6.45) is 2.00. The van der Waals surface area contributed by atoms with E-state index in [9.17, 15) is 9.90 Å². The Kier molecular flexibility index (Phi) is 5.82. The second kappa shape index (κ2) is 7.13. The number of carbonyl (C=O) groups excluding carboxylic acids is 1. The number of aromatic nitrogens is 2. The highest BCUT2D eigenvalue weighted by molar-refractivity contribution is 5.88. The normalized spacial score (nSPS) is 14.2. The Morgan fingerprint density at radius 1 is 1.47 bits per heavy atom. The summed E-state index contributed by atoms with van der Waals surface area (Å²) in [5.74, 6) is 0.812. The molecule has 0 saturated heterocycles. The highest BCUT2D eigenvalue weighted by Gasteiger charge is 2.14. The SMILES string of the molecule is CCC(C)C(O)CNC(=O)Nc1ccnn1C(C)C. The predicted molar refractivity (Wildman–Crippen MR) is 75.1 cm³/mol. The molecule has 6 nitrogen and oxygen atoms in total. The van der Waals surface area contributed by atoms with Crippen molar-refractivity contribution in [3.8, 4) is 0 Å². The van der Waals surface area contributed by atoms with E-state index in [2.05, 4.69) is 15.7 Å². The third kappa shape index (κ3) is 4.55.